The molecule has 0 saturated carbocycles. The summed E-state index contributed by atoms with van der Waals surface area (Å²) in [5.41, 5.74) is 2.41. The van der Waals surface area contributed by atoms with Crippen LogP contribution in [0.5, 0.6) is 5.75 Å². The fourth-order valence-corrected chi connectivity index (χ4v) is 3.94. The van der Waals surface area contributed by atoms with Crippen molar-refractivity contribution in [3.8, 4) is 5.75 Å². The molecule has 0 amide bonds. The summed E-state index contributed by atoms with van der Waals surface area (Å²) < 4.78 is 0. The minimum atomic E-state index is 0.309. The van der Waals surface area contributed by atoms with Gasteiger partial charge in [-0.3, -0.25) is 4.99 Å². The lowest BCUT2D eigenvalue weighted by Gasteiger charge is -2.18. The van der Waals surface area contributed by atoms with Crippen LogP contribution in [-0.4, -0.2) is 28.3 Å². The van der Waals surface area contributed by atoms with Gasteiger partial charge in [0.1, 0.15) is 5.75 Å². The van der Waals surface area contributed by atoms with Crippen molar-refractivity contribution in [1.29, 1.82) is 0 Å². The van der Waals surface area contributed by atoms with E-state index in [2.05, 4.69) is 35.0 Å². The second kappa shape index (κ2) is 4.28. The number of phenolic OH excluding ortho intramolecular Hbond substituents is 1. The number of fused-ring (bicyclic) bond motifs is 2. The predicted octanol–water partition coefficient (Wildman–Crippen LogP) is 3.65. The summed E-state index contributed by atoms with van der Waals surface area (Å²) >= 11 is 1.74. The van der Waals surface area contributed by atoms with Gasteiger partial charge in [0.2, 0.25) is 0 Å². The first-order chi connectivity index (χ1) is 9.74. The SMILES string of the molecule is CC1=C(c2cccc3ccc(O)cc23)N2CCN=C2S1. The lowest BCUT2D eigenvalue weighted by molar-refractivity contribution is 0.476. The van der Waals surface area contributed by atoms with Gasteiger partial charge in [-0.05, 0) is 29.8 Å². The van der Waals surface area contributed by atoms with Gasteiger partial charge in [-0.25, -0.2) is 0 Å². The fourth-order valence-electron chi connectivity index (χ4n) is 2.90. The summed E-state index contributed by atoms with van der Waals surface area (Å²) in [5.74, 6) is 0.309. The topological polar surface area (TPSA) is 35.8 Å². The Hall–Kier alpha value is -1.94. The highest BCUT2D eigenvalue weighted by atomic mass is 32.2. The van der Waals surface area contributed by atoms with Gasteiger partial charge in [0, 0.05) is 17.0 Å². The number of rotatable bonds is 1. The zero-order valence-electron chi connectivity index (χ0n) is 11.1. The van der Waals surface area contributed by atoms with Gasteiger partial charge in [0.05, 0.1) is 12.2 Å². The summed E-state index contributed by atoms with van der Waals surface area (Å²) in [7, 11) is 0. The quantitative estimate of drug-likeness (QED) is 0.867. The number of aliphatic imine (C=N–C) groups is 1. The maximum Gasteiger partial charge on any atom is 0.168 e. The standard InChI is InChI=1S/C16H14N2OS/c1-10-15(18-8-7-17-16(18)20-10)13-4-2-3-11-5-6-12(19)9-14(11)13/h2-6,9,19H,7-8H2,1H3. The van der Waals surface area contributed by atoms with E-state index in [1.807, 2.05) is 12.1 Å². The van der Waals surface area contributed by atoms with E-state index in [1.165, 1.54) is 16.2 Å². The number of thioether (sulfide) groups is 1. The Morgan fingerprint density at radius 1 is 1.25 bits per heavy atom. The summed E-state index contributed by atoms with van der Waals surface area (Å²) in [5, 5.41) is 13.1. The van der Waals surface area contributed by atoms with Crippen LogP contribution in [0, 0.1) is 0 Å². The zero-order chi connectivity index (χ0) is 13.7. The van der Waals surface area contributed by atoms with Gasteiger partial charge in [-0.15, -0.1) is 0 Å². The molecule has 0 aliphatic carbocycles. The molecule has 0 spiro atoms. The smallest absolute Gasteiger partial charge is 0.168 e. The first kappa shape index (κ1) is 11.9. The molecule has 0 fully saturated rings. The number of amidine groups is 1. The van der Waals surface area contributed by atoms with Crippen LogP contribution < -0.4 is 0 Å². The molecule has 0 aromatic heterocycles. The van der Waals surface area contributed by atoms with E-state index in [4.69, 9.17) is 0 Å². The molecule has 1 N–H and O–H groups in total. The number of hydrogen-bond donors (Lipinski definition) is 1. The number of aromatic hydroxyl groups is 1. The average molecular weight is 282 g/mol. The molecule has 2 aromatic carbocycles. The highest BCUT2D eigenvalue weighted by Gasteiger charge is 2.31. The minimum absolute atomic E-state index is 0.309. The molecule has 100 valence electrons. The summed E-state index contributed by atoms with van der Waals surface area (Å²) in [6.45, 7) is 3.96. The van der Waals surface area contributed by atoms with Crippen molar-refractivity contribution in [3.05, 3.63) is 46.9 Å². The molecular formula is C16H14N2OS. The Balaban J connectivity index is 1.97. The molecule has 2 heterocycles. The second-order valence-corrected chi connectivity index (χ2v) is 6.22. The number of benzene rings is 2. The lowest BCUT2D eigenvalue weighted by Crippen LogP contribution is -2.20. The Labute approximate surface area is 121 Å². The highest BCUT2D eigenvalue weighted by molar-refractivity contribution is 8.17. The Kier molecular flexibility index (Phi) is 2.54. The first-order valence-electron chi connectivity index (χ1n) is 6.67. The lowest BCUT2D eigenvalue weighted by atomic mass is 10.0. The summed E-state index contributed by atoms with van der Waals surface area (Å²) in [6, 6.07) is 11.8. The summed E-state index contributed by atoms with van der Waals surface area (Å²) in [4.78, 5) is 8.10. The molecular weight excluding hydrogens is 268 g/mol. The van der Waals surface area contributed by atoms with E-state index in [1.54, 1.807) is 17.8 Å². The number of phenols is 1. The van der Waals surface area contributed by atoms with Crippen LogP contribution in [0.3, 0.4) is 0 Å². The normalized spacial score (nSPS) is 17.9. The molecule has 2 aromatic rings. The van der Waals surface area contributed by atoms with E-state index in [0.29, 0.717) is 5.75 Å². The van der Waals surface area contributed by atoms with Crippen LogP contribution >= 0.6 is 11.8 Å². The zero-order valence-corrected chi connectivity index (χ0v) is 11.9. The van der Waals surface area contributed by atoms with Crippen LogP contribution in [0.4, 0.5) is 0 Å². The van der Waals surface area contributed by atoms with Gasteiger partial charge in [0.15, 0.2) is 5.17 Å². The molecule has 2 aliphatic heterocycles. The van der Waals surface area contributed by atoms with Gasteiger partial charge in [-0.1, -0.05) is 36.0 Å². The number of nitrogens with zero attached hydrogens (tertiary/aromatic N) is 2. The Morgan fingerprint density at radius 2 is 2.15 bits per heavy atom. The maximum absolute atomic E-state index is 9.79. The maximum atomic E-state index is 9.79. The van der Waals surface area contributed by atoms with Crippen LogP contribution in [-0.2, 0) is 0 Å². The molecule has 0 atom stereocenters. The van der Waals surface area contributed by atoms with Crippen molar-refractivity contribution in [2.75, 3.05) is 13.1 Å². The van der Waals surface area contributed by atoms with Gasteiger partial charge >= 0.3 is 0 Å². The molecule has 4 rings (SSSR count). The monoisotopic (exact) mass is 282 g/mol. The molecule has 0 saturated heterocycles. The van der Waals surface area contributed by atoms with Crippen molar-refractivity contribution in [3.63, 3.8) is 0 Å². The summed E-state index contributed by atoms with van der Waals surface area (Å²) in [6.07, 6.45) is 0. The van der Waals surface area contributed by atoms with Crippen molar-refractivity contribution in [2.45, 2.75) is 6.92 Å². The molecule has 2 aliphatic rings. The first-order valence-corrected chi connectivity index (χ1v) is 7.48. The third kappa shape index (κ3) is 1.64. The van der Waals surface area contributed by atoms with Crippen LogP contribution in [0.15, 0.2) is 46.3 Å². The molecule has 0 unspecified atom stereocenters. The van der Waals surface area contributed by atoms with E-state index < -0.39 is 0 Å². The van der Waals surface area contributed by atoms with E-state index in [-0.39, 0.29) is 0 Å². The third-order valence-corrected chi connectivity index (χ3v) is 4.80. The largest absolute Gasteiger partial charge is 0.508 e. The average Bonchev–Trinajstić information content (AvgIpc) is 2.98. The second-order valence-electron chi connectivity index (χ2n) is 5.03. The van der Waals surface area contributed by atoms with Crippen molar-refractivity contribution in [2.24, 2.45) is 4.99 Å². The van der Waals surface area contributed by atoms with Crippen LogP contribution in [0.25, 0.3) is 16.5 Å². The highest BCUT2D eigenvalue weighted by Crippen LogP contribution is 2.43. The molecule has 0 bridgehead atoms. The van der Waals surface area contributed by atoms with E-state index >= 15 is 0 Å². The van der Waals surface area contributed by atoms with Crippen LogP contribution in [0.1, 0.15) is 12.5 Å². The van der Waals surface area contributed by atoms with Gasteiger partial charge < -0.3 is 10.0 Å². The fraction of sp³-hybridized carbons (Fsp3) is 0.188. The van der Waals surface area contributed by atoms with Crippen molar-refractivity contribution in [1.82, 2.24) is 4.90 Å². The molecule has 4 heteroatoms. The van der Waals surface area contributed by atoms with Gasteiger partial charge in [0.25, 0.3) is 0 Å². The van der Waals surface area contributed by atoms with E-state index in [0.717, 1.165) is 29.0 Å². The van der Waals surface area contributed by atoms with Gasteiger partial charge in [-0.2, -0.15) is 0 Å². The Morgan fingerprint density at radius 3 is 3.05 bits per heavy atom. The molecule has 20 heavy (non-hydrogen) atoms. The van der Waals surface area contributed by atoms with E-state index in [9.17, 15) is 5.11 Å². The minimum Gasteiger partial charge on any atom is -0.508 e. The van der Waals surface area contributed by atoms with Crippen molar-refractivity contribution >= 4 is 33.4 Å². The van der Waals surface area contributed by atoms with Crippen LogP contribution in [0.2, 0.25) is 0 Å². The Bertz CT molecular complexity index is 779. The molecule has 3 nitrogen and oxygen atoms in total. The molecule has 0 radical (unpaired) electrons. The third-order valence-electron chi connectivity index (χ3n) is 3.77. The van der Waals surface area contributed by atoms with Crippen molar-refractivity contribution < 1.29 is 5.11 Å². The number of allylic oxidation sites excluding steroid dienone is 1. The predicted molar refractivity (Wildman–Crippen MR) is 84.8 cm³/mol. The number of hydrogen-bond acceptors (Lipinski definition) is 4.